The Morgan fingerprint density at radius 1 is 1.17 bits per heavy atom. The lowest BCUT2D eigenvalue weighted by Crippen LogP contribution is -2.30. The van der Waals surface area contributed by atoms with Gasteiger partial charge in [0.15, 0.2) is 0 Å². The van der Waals surface area contributed by atoms with Crippen LogP contribution in [0.15, 0.2) is 47.8 Å². The van der Waals surface area contributed by atoms with Crippen molar-refractivity contribution in [2.45, 2.75) is 26.8 Å². The zero-order valence-corrected chi connectivity index (χ0v) is 13.4. The van der Waals surface area contributed by atoms with Gasteiger partial charge < -0.3 is 5.11 Å². The molecule has 0 spiro atoms. The fourth-order valence-corrected chi connectivity index (χ4v) is 2.95. The molecule has 2 heterocycles. The van der Waals surface area contributed by atoms with E-state index in [1.165, 1.54) is 5.56 Å². The van der Waals surface area contributed by atoms with Gasteiger partial charge in [-0.25, -0.2) is 0 Å². The van der Waals surface area contributed by atoms with E-state index in [1.807, 2.05) is 37.3 Å². The third kappa shape index (κ3) is 2.70. The highest BCUT2D eigenvalue weighted by atomic mass is 16.4. The molecule has 0 bridgehead atoms. The number of nitrogens with zero attached hydrogens (tertiary/aromatic N) is 3. The standard InChI is InChI=1S/C18H19N3O2/c1-11-6-7-15(9-12(11)2)21-17(14-5-4-8-19-10-14)16(18(22)23)13(3)20-21/h4-10,16-17H,1-3H3,(H,22,23). The largest absolute Gasteiger partial charge is 0.481 e. The van der Waals surface area contributed by atoms with Crippen LogP contribution in [0.2, 0.25) is 0 Å². The van der Waals surface area contributed by atoms with Gasteiger partial charge in [0, 0.05) is 12.4 Å². The molecule has 2 atom stereocenters. The number of pyridine rings is 1. The number of carbonyl (C=O) groups is 1. The van der Waals surface area contributed by atoms with Crippen molar-refractivity contribution in [2.24, 2.45) is 11.0 Å². The summed E-state index contributed by atoms with van der Waals surface area (Å²) in [7, 11) is 0. The minimum absolute atomic E-state index is 0.386. The van der Waals surface area contributed by atoms with Crippen LogP contribution in [0, 0.1) is 19.8 Å². The van der Waals surface area contributed by atoms with Crippen molar-refractivity contribution in [3.8, 4) is 0 Å². The van der Waals surface area contributed by atoms with Gasteiger partial charge in [0.1, 0.15) is 5.92 Å². The van der Waals surface area contributed by atoms with E-state index in [1.54, 1.807) is 24.3 Å². The first-order chi connectivity index (χ1) is 11.0. The molecule has 23 heavy (non-hydrogen) atoms. The highest BCUT2D eigenvalue weighted by Gasteiger charge is 2.42. The molecule has 2 unspecified atom stereocenters. The first-order valence-corrected chi connectivity index (χ1v) is 7.53. The normalized spacial score (nSPS) is 20.5. The number of carboxylic acids is 1. The third-order valence-electron chi connectivity index (χ3n) is 4.34. The molecular formula is C18H19N3O2. The van der Waals surface area contributed by atoms with E-state index in [4.69, 9.17) is 0 Å². The molecule has 0 fully saturated rings. The maximum Gasteiger partial charge on any atom is 0.314 e. The maximum absolute atomic E-state index is 11.8. The van der Waals surface area contributed by atoms with Crippen LogP contribution in [0.4, 0.5) is 5.69 Å². The number of rotatable bonds is 3. The minimum atomic E-state index is -0.869. The predicted molar refractivity (Wildman–Crippen MR) is 89.6 cm³/mol. The second kappa shape index (κ2) is 5.83. The summed E-state index contributed by atoms with van der Waals surface area (Å²) < 4.78 is 0. The number of aliphatic carboxylic acids is 1. The summed E-state index contributed by atoms with van der Waals surface area (Å²) in [5.41, 5.74) is 4.69. The first-order valence-electron chi connectivity index (χ1n) is 7.53. The van der Waals surface area contributed by atoms with Gasteiger partial charge in [-0.05, 0) is 55.7 Å². The van der Waals surface area contributed by atoms with E-state index >= 15 is 0 Å². The van der Waals surface area contributed by atoms with Crippen molar-refractivity contribution in [3.05, 3.63) is 59.4 Å². The summed E-state index contributed by atoms with van der Waals surface area (Å²) in [6.45, 7) is 5.86. The van der Waals surface area contributed by atoms with Crippen LogP contribution in [0.5, 0.6) is 0 Å². The van der Waals surface area contributed by atoms with Crippen molar-refractivity contribution < 1.29 is 9.90 Å². The van der Waals surface area contributed by atoms with E-state index < -0.39 is 11.9 Å². The number of benzene rings is 1. The van der Waals surface area contributed by atoms with Crippen LogP contribution in [-0.4, -0.2) is 21.8 Å². The Morgan fingerprint density at radius 3 is 2.57 bits per heavy atom. The van der Waals surface area contributed by atoms with Crippen molar-refractivity contribution in [2.75, 3.05) is 5.01 Å². The minimum Gasteiger partial charge on any atom is -0.481 e. The molecule has 5 heteroatoms. The van der Waals surface area contributed by atoms with E-state index in [0.717, 1.165) is 16.8 Å². The van der Waals surface area contributed by atoms with Crippen LogP contribution < -0.4 is 5.01 Å². The fraction of sp³-hybridized carbons (Fsp3) is 0.278. The number of aryl methyl sites for hydroxylation is 2. The summed E-state index contributed by atoms with van der Waals surface area (Å²) in [6.07, 6.45) is 3.39. The molecule has 118 valence electrons. The predicted octanol–water partition coefficient (Wildman–Crippen LogP) is 3.34. The quantitative estimate of drug-likeness (QED) is 0.944. The maximum atomic E-state index is 11.8. The van der Waals surface area contributed by atoms with Gasteiger partial charge in [-0.1, -0.05) is 12.1 Å². The summed E-state index contributed by atoms with van der Waals surface area (Å²) in [6, 6.07) is 9.38. The van der Waals surface area contributed by atoms with Gasteiger partial charge in [0.25, 0.3) is 0 Å². The summed E-state index contributed by atoms with van der Waals surface area (Å²) in [5.74, 6) is -1.55. The summed E-state index contributed by atoms with van der Waals surface area (Å²) in [5, 5.41) is 16.0. The molecule has 1 aliphatic rings. The molecule has 0 saturated heterocycles. The lowest BCUT2D eigenvalue weighted by Gasteiger charge is -2.27. The zero-order chi connectivity index (χ0) is 16.6. The van der Waals surface area contributed by atoms with Gasteiger partial charge in [-0.3, -0.25) is 14.8 Å². The Bertz CT molecular complexity index is 771. The Kier molecular flexibility index (Phi) is 3.86. The molecule has 0 amide bonds. The van der Waals surface area contributed by atoms with Crippen LogP contribution in [-0.2, 0) is 4.79 Å². The van der Waals surface area contributed by atoms with Crippen molar-refractivity contribution in [3.63, 3.8) is 0 Å². The Balaban J connectivity index is 2.10. The van der Waals surface area contributed by atoms with E-state index in [9.17, 15) is 9.90 Å². The highest BCUT2D eigenvalue weighted by molar-refractivity contribution is 6.03. The summed E-state index contributed by atoms with van der Waals surface area (Å²) >= 11 is 0. The topological polar surface area (TPSA) is 65.8 Å². The molecule has 0 radical (unpaired) electrons. The Labute approximate surface area is 135 Å². The molecule has 1 N–H and O–H groups in total. The number of carboxylic acid groups (broad SMARTS) is 1. The molecule has 0 saturated carbocycles. The first kappa shape index (κ1) is 15.2. The third-order valence-corrected chi connectivity index (χ3v) is 4.34. The van der Waals surface area contributed by atoms with E-state index in [-0.39, 0.29) is 6.04 Å². The molecule has 1 aromatic carbocycles. The lowest BCUT2D eigenvalue weighted by molar-refractivity contribution is -0.139. The van der Waals surface area contributed by atoms with Gasteiger partial charge in [0.05, 0.1) is 17.4 Å². The smallest absolute Gasteiger partial charge is 0.314 e. The monoisotopic (exact) mass is 309 g/mol. The van der Waals surface area contributed by atoms with Gasteiger partial charge in [-0.2, -0.15) is 5.10 Å². The van der Waals surface area contributed by atoms with Crippen molar-refractivity contribution in [1.82, 2.24) is 4.98 Å². The highest BCUT2D eigenvalue weighted by Crippen LogP contribution is 2.39. The number of hydrogen-bond acceptors (Lipinski definition) is 4. The molecule has 3 rings (SSSR count). The number of aromatic nitrogens is 1. The van der Waals surface area contributed by atoms with Crippen molar-refractivity contribution in [1.29, 1.82) is 0 Å². The average Bonchev–Trinajstić information content (AvgIpc) is 2.88. The molecule has 0 aliphatic carbocycles. The molecule has 5 nitrogen and oxygen atoms in total. The van der Waals surface area contributed by atoms with Crippen LogP contribution >= 0.6 is 0 Å². The second-order valence-corrected chi connectivity index (χ2v) is 5.90. The van der Waals surface area contributed by atoms with E-state index in [2.05, 4.69) is 17.0 Å². The lowest BCUT2D eigenvalue weighted by atomic mass is 9.91. The Hall–Kier alpha value is -2.69. The SMILES string of the molecule is CC1=NN(c2ccc(C)c(C)c2)C(c2cccnc2)C1C(=O)O. The molecule has 1 aromatic heterocycles. The van der Waals surface area contributed by atoms with Gasteiger partial charge >= 0.3 is 5.97 Å². The van der Waals surface area contributed by atoms with Gasteiger partial charge in [0.2, 0.25) is 0 Å². The van der Waals surface area contributed by atoms with Crippen LogP contribution in [0.25, 0.3) is 0 Å². The second-order valence-electron chi connectivity index (χ2n) is 5.90. The summed E-state index contributed by atoms with van der Waals surface area (Å²) in [4.78, 5) is 15.9. The van der Waals surface area contributed by atoms with E-state index in [0.29, 0.717) is 5.71 Å². The van der Waals surface area contributed by atoms with Crippen molar-refractivity contribution >= 4 is 17.4 Å². The molecular weight excluding hydrogens is 290 g/mol. The molecule has 2 aromatic rings. The number of hydrogen-bond donors (Lipinski definition) is 1. The number of anilines is 1. The van der Waals surface area contributed by atoms with Crippen LogP contribution in [0.3, 0.4) is 0 Å². The fourth-order valence-electron chi connectivity index (χ4n) is 2.95. The molecule has 1 aliphatic heterocycles. The Morgan fingerprint density at radius 2 is 1.96 bits per heavy atom. The van der Waals surface area contributed by atoms with Gasteiger partial charge in [-0.15, -0.1) is 0 Å². The van der Waals surface area contributed by atoms with Crippen LogP contribution in [0.1, 0.15) is 29.7 Å². The average molecular weight is 309 g/mol. The zero-order valence-electron chi connectivity index (χ0n) is 13.4. The number of hydrazone groups is 1.